The van der Waals surface area contributed by atoms with E-state index in [1.54, 1.807) is 12.1 Å². The molecule has 1 aromatic heterocycles. The van der Waals surface area contributed by atoms with Gasteiger partial charge in [-0.3, -0.25) is 10.7 Å². The Morgan fingerprint density at radius 1 is 1.35 bits per heavy atom. The third-order valence-corrected chi connectivity index (χ3v) is 3.67. The molecule has 2 heterocycles. The van der Waals surface area contributed by atoms with E-state index in [0.29, 0.717) is 30.3 Å². The van der Waals surface area contributed by atoms with Crippen LogP contribution in [-0.4, -0.2) is 40.8 Å². The molecule has 0 unspecified atom stereocenters. The van der Waals surface area contributed by atoms with Gasteiger partial charge in [-0.05, 0) is 0 Å². The molecule has 10 heteroatoms. The van der Waals surface area contributed by atoms with Crippen molar-refractivity contribution in [1.29, 1.82) is 10.8 Å². The van der Waals surface area contributed by atoms with E-state index in [2.05, 4.69) is 9.97 Å². The fourth-order valence-corrected chi connectivity index (χ4v) is 2.38. The smallest absolute Gasteiger partial charge is 0.414 e. The lowest BCUT2D eigenvalue weighted by Crippen LogP contribution is -2.47. The molecule has 0 bridgehead atoms. The molecule has 1 aliphatic rings. The third-order valence-electron chi connectivity index (χ3n) is 3.67. The maximum Gasteiger partial charge on any atom is 0.414 e. The van der Waals surface area contributed by atoms with Gasteiger partial charge in [-0.1, -0.05) is 18.2 Å². The Balaban J connectivity index is 1.73. The van der Waals surface area contributed by atoms with Crippen molar-refractivity contribution >= 4 is 23.7 Å². The minimum absolute atomic E-state index is 0.168. The quantitative estimate of drug-likeness (QED) is 0.479. The Morgan fingerprint density at radius 2 is 2.04 bits per heavy atom. The molecule has 0 atom stereocenters. The molecule has 26 heavy (non-hydrogen) atoms. The van der Waals surface area contributed by atoms with Crippen LogP contribution in [0.15, 0.2) is 30.6 Å². The molecule has 134 valence electrons. The van der Waals surface area contributed by atoms with Crippen LogP contribution in [0.4, 0.5) is 15.1 Å². The highest BCUT2D eigenvalue weighted by Crippen LogP contribution is 2.25. The molecule has 3 rings (SSSR count). The second-order valence-electron chi connectivity index (χ2n) is 5.62. The van der Waals surface area contributed by atoms with E-state index >= 15 is 0 Å². The van der Waals surface area contributed by atoms with Crippen LogP contribution < -0.4 is 16.0 Å². The van der Waals surface area contributed by atoms with Crippen LogP contribution in [0, 0.1) is 16.6 Å². The summed E-state index contributed by atoms with van der Waals surface area (Å²) in [7, 11) is 0. The van der Waals surface area contributed by atoms with E-state index in [9.17, 15) is 9.18 Å². The van der Waals surface area contributed by atoms with E-state index in [0.717, 1.165) is 0 Å². The number of halogens is 1. The van der Waals surface area contributed by atoms with Crippen molar-refractivity contribution in [2.45, 2.75) is 6.61 Å². The van der Waals surface area contributed by atoms with Crippen LogP contribution in [0.5, 0.6) is 0 Å². The second kappa shape index (κ2) is 7.13. The molecule has 1 saturated heterocycles. The lowest BCUT2D eigenvalue weighted by Gasteiger charge is -2.31. The molecule has 2 aromatic rings. The molecule has 0 radical (unpaired) electrons. The van der Waals surface area contributed by atoms with Gasteiger partial charge in [0.15, 0.2) is 5.96 Å². The molecule has 1 aromatic carbocycles. The van der Waals surface area contributed by atoms with Crippen LogP contribution in [0.25, 0.3) is 11.1 Å². The summed E-state index contributed by atoms with van der Waals surface area (Å²) in [4.78, 5) is 21.6. The Morgan fingerprint density at radius 3 is 2.65 bits per heavy atom. The summed E-state index contributed by atoms with van der Waals surface area (Å²) in [5.74, 6) is -0.616. The normalized spacial score (nSPS) is 13.1. The number of hydrogen-bond donors (Lipinski definition) is 4. The number of carbonyl (C=O) groups excluding carboxylic acids is 1. The molecule has 1 aliphatic heterocycles. The highest BCUT2D eigenvalue weighted by molar-refractivity contribution is 5.96. The van der Waals surface area contributed by atoms with Crippen LogP contribution in [0.2, 0.25) is 0 Å². The van der Waals surface area contributed by atoms with Gasteiger partial charge >= 0.3 is 6.09 Å². The summed E-state index contributed by atoms with van der Waals surface area (Å²) >= 11 is 0. The molecule has 1 amide bonds. The summed E-state index contributed by atoms with van der Waals surface area (Å²) in [5.41, 5.74) is 6.56. The average molecular weight is 357 g/mol. The van der Waals surface area contributed by atoms with Crippen LogP contribution >= 0.6 is 0 Å². The molecule has 9 nitrogen and oxygen atoms in total. The SMILES string of the molecule is N=C1CN(c2ncc(-c3cccc(COC(=O)NC(=N)N)c3F)cn2)C1. The average Bonchev–Trinajstić information content (AvgIpc) is 2.58. The topological polar surface area (TPSA) is 141 Å². The van der Waals surface area contributed by atoms with Crippen LogP contribution in [0.1, 0.15) is 5.56 Å². The molecular weight excluding hydrogens is 341 g/mol. The van der Waals surface area contributed by atoms with Crippen LogP contribution in [-0.2, 0) is 11.3 Å². The van der Waals surface area contributed by atoms with Gasteiger partial charge in [-0.15, -0.1) is 0 Å². The fourth-order valence-electron chi connectivity index (χ4n) is 2.38. The van der Waals surface area contributed by atoms with E-state index < -0.39 is 17.9 Å². The molecular formula is C16H16FN7O2. The van der Waals surface area contributed by atoms with Gasteiger partial charge in [0.1, 0.15) is 12.4 Å². The highest BCUT2D eigenvalue weighted by Gasteiger charge is 2.22. The van der Waals surface area contributed by atoms with Gasteiger partial charge in [-0.2, -0.15) is 0 Å². The van der Waals surface area contributed by atoms with Crippen molar-refractivity contribution in [2.75, 3.05) is 18.0 Å². The van der Waals surface area contributed by atoms with Gasteiger partial charge in [0.2, 0.25) is 5.95 Å². The lowest BCUT2D eigenvalue weighted by molar-refractivity contribution is 0.143. The van der Waals surface area contributed by atoms with Gasteiger partial charge in [0, 0.05) is 34.8 Å². The Labute approximate surface area is 148 Å². The summed E-state index contributed by atoms with van der Waals surface area (Å²) in [6.07, 6.45) is 2.08. The molecule has 0 spiro atoms. The zero-order valence-corrected chi connectivity index (χ0v) is 13.6. The molecule has 5 N–H and O–H groups in total. The maximum absolute atomic E-state index is 14.7. The number of ether oxygens (including phenoxy) is 1. The largest absolute Gasteiger partial charge is 0.444 e. The van der Waals surface area contributed by atoms with E-state index in [-0.39, 0.29) is 17.7 Å². The van der Waals surface area contributed by atoms with Gasteiger partial charge in [0.05, 0.1) is 13.1 Å². The lowest BCUT2D eigenvalue weighted by atomic mass is 10.1. The Bertz CT molecular complexity index is 861. The summed E-state index contributed by atoms with van der Waals surface area (Å²) in [6.45, 7) is 0.694. The third kappa shape index (κ3) is 3.74. The van der Waals surface area contributed by atoms with Crippen molar-refractivity contribution in [3.63, 3.8) is 0 Å². The zero-order valence-electron chi connectivity index (χ0n) is 13.6. The van der Waals surface area contributed by atoms with Crippen molar-refractivity contribution in [3.05, 3.63) is 42.0 Å². The van der Waals surface area contributed by atoms with E-state index in [1.807, 2.05) is 10.2 Å². The van der Waals surface area contributed by atoms with Crippen molar-refractivity contribution in [2.24, 2.45) is 5.73 Å². The van der Waals surface area contributed by atoms with E-state index in [4.69, 9.17) is 21.3 Å². The first kappa shape index (κ1) is 17.3. The highest BCUT2D eigenvalue weighted by atomic mass is 19.1. The summed E-state index contributed by atoms with van der Waals surface area (Å²) < 4.78 is 19.5. The van der Waals surface area contributed by atoms with Crippen molar-refractivity contribution in [3.8, 4) is 11.1 Å². The van der Waals surface area contributed by atoms with Gasteiger partial charge in [-0.25, -0.2) is 19.2 Å². The standard InChI is InChI=1S/C16H16FN7O2/c17-13-9(8-26-16(25)23-14(19)20)2-1-3-12(13)10-4-21-15(22-5-10)24-6-11(18)7-24/h1-5,18H,6-8H2,(H4,19,20,23,25). The minimum atomic E-state index is -0.935. The Hall–Kier alpha value is -3.56. The monoisotopic (exact) mass is 357 g/mol. The first-order chi connectivity index (χ1) is 12.4. The van der Waals surface area contributed by atoms with Gasteiger partial charge < -0.3 is 20.8 Å². The number of aromatic nitrogens is 2. The number of nitrogens with zero attached hydrogens (tertiary/aromatic N) is 3. The molecule has 0 aliphatic carbocycles. The number of hydrogen-bond acceptors (Lipinski definition) is 7. The number of guanidine groups is 1. The number of benzene rings is 1. The number of amides is 1. The van der Waals surface area contributed by atoms with Crippen molar-refractivity contribution in [1.82, 2.24) is 15.3 Å². The number of nitrogens with one attached hydrogen (secondary N) is 3. The maximum atomic E-state index is 14.7. The number of rotatable bonds is 4. The number of nitrogens with two attached hydrogens (primary N) is 1. The summed E-state index contributed by atoms with van der Waals surface area (Å²) in [5, 5.41) is 16.3. The fraction of sp³-hybridized carbons (Fsp3) is 0.188. The Kier molecular flexibility index (Phi) is 4.74. The predicted octanol–water partition coefficient (Wildman–Crippen LogP) is 1.24. The zero-order chi connectivity index (χ0) is 18.7. The first-order valence-corrected chi connectivity index (χ1v) is 7.63. The van der Waals surface area contributed by atoms with Crippen LogP contribution in [0.3, 0.4) is 0 Å². The number of alkyl carbamates (subject to hydrolysis) is 1. The molecule has 1 fully saturated rings. The second-order valence-corrected chi connectivity index (χ2v) is 5.62. The summed E-state index contributed by atoms with van der Waals surface area (Å²) in [6, 6.07) is 4.69. The minimum Gasteiger partial charge on any atom is -0.444 e. The predicted molar refractivity (Wildman–Crippen MR) is 92.6 cm³/mol. The number of anilines is 1. The number of carbonyl (C=O) groups is 1. The van der Waals surface area contributed by atoms with Crippen molar-refractivity contribution < 1.29 is 13.9 Å². The van der Waals surface area contributed by atoms with Gasteiger partial charge in [0.25, 0.3) is 0 Å². The van der Waals surface area contributed by atoms with E-state index in [1.165, 1.54) is 18.5 Å². The first-order valence-electron chi connectivity index (χ1n) is 7.63. The molecule has 0 saturated carbocycles.